The third kappa shape index (κ3) is 3.66. The molecule has 0 saturated heterocycles. The number of carbonyl (C=O) groups excluding carboxylic acids is 1. The van der Waals surface area contributed by atoms with Crippen LogP contribution in [-0.4, -0.2) is 25.5 Å². The summed E-state index contributed by atoms with van der Waals surface area (Å²) < 4.78 is 5.42. The molecule has 0 aromatic heterocycles. The number of carbonyl (C=O) groups is 1. The van der Waals surface area contributed by atoms with Gasteiger partial charge >= 0.3 is 0 Å². The van der Waals surface area contributed by atoms with Gasteiger partial charge in [0, 0.05) is 0 Å². The first-order chi connectivity index (χ1) is 7.79. The van der Waals surface area contributed by atoms with E-state index in [1.807, 2.05) is 25.1 Å². The van der Waals surface area contributed by atoms with Gasteiger partial charge in [-0.05, 0) is 32.0 Å². The number of nitrogens with one attached hydrogen (secondary N) is 1. The molecule has 3 nitrogen and oxygen atoms in total. The number of benzene rings is 1. The average molecular weight is 221 g/mol. The maximum atomic E-state index is 11.9. The molecule has 16 heavy (non-hydrogen) atoms. The molecule has 0 atom stereocenters. The van der Waals surface area contributed by atoms with Gasteiger partial charge in [0.2, 0.25) is 0 Å². The van der Waals surface area contributed by atoms with Gasteiger partial charge < -0.3 is 10.1 Å². The summed E-state index contributed by atoms with van der Waals surface area (Å²) in [6.45, 7) is 5.80. The van der Waals surface area contributed by atoms with Crippen LogP contribution in [0.15, 0.2) is 24.3 Å². The first kappa shape index (κ1) is 12.7. The Morgan fingerprint density at radius 1 is 1.31 bits per heavy atom. The van der Waals surface area contributed by atoms with Gasteiger partial charge in [0.25, 0.3) is 0 Å². The molecule has 1 aromatic carbocycles. The Morgan fingerprint density at radius 2 is 2.06 bits per heavy atom. The van der Waals surface area contributed by atoms with Crippen LogP contribution in [-0.2, 0) is 0 Å². The largest absolute Gasteiger partial charge is 0.493 e. The number of ether oxygens (including phenoxy) is 1. The van der Waals surface area contributed by atoms with Crippen molar-refractivity contribution in [3.05, 3.63) is 29.8 Å². The molecule has 0 radical (unpaired) electrons. The highest BCUT2D eigenvalue weighted by molar-refractivity contribution is 6.00. The van der Waals surface area contributed by atoms with Crippen molar-refractivity contribution in [1.29, 1.82) is 0 Å². The smallest absolute Gasteiger partial charge is 0.180 e. The van der Waals surface area contributed by atoms with Crippen molar-refractivity contribution in [3.63, 3.8) is 0 Å². The van der Waals surface area contributed by atoms with Crippen molar-refractivity contribution in [2.45, 2.75) is 20.3 Å². The monoisotopic (exact) mass is 221 g/mol. The van der Waals surface area contributed by atoms with E-state index in [0.717, 1.165) is 13.0 Å². The third-order valence-corrected chi connectivity index (χ3v) is 2.20. The topological polar surface area (TPSA) is 38.3 Å². The summed E-state index contributed by atoms with van der Waals surface area (Å²) in [4.78, 5) is 11.9. The van der Waals surface area contributed by atoms with Crippen LogP contribution in [0.2, 0.25) is 0 Å². The highest BCUT2D eigenvalue weighted by atomic mass is 16.5. The lowest BCUT2D eigenvalue weighted by molar-refractivity contribution is 0.0987. The number of hydrogen-bond acceptors (Lipinski definition) is 3. The van der Waals surface area contributed by atoms with Crippen LogP contribution in [0.1, 0.15) is 30.6 Å². The Morgan fingerprint density at radius 3 is 2.75 bits per heavy atom. The molecule has 0 aliphatic carbocycles. The standard InChI is InChI=1S/C13H19NO2/c1-3-9-14-10-12(15)11-7-5-6-8-13(11)16-4-2/h5-8,14H,3-4,9-10H2,1-2H3. The second kappa shape index (κ2) is 7.01. The Hall–Kier alpha value is -1.35. The van der Waals surface area contributed by atoms with Gasteiger partial charge in [0.05, 0.1) is 18.7 Å². The van der Waals surface area contributed by atoms with E-state index in [1.54, 1.807) is 6.07 Å². The highest BCUT2D eigenvalue weighted by Crippen LogP contribution is 2.18. The lowest BCUT2D eigenvalue weighted by Gasteiger charge is -2.09. The summed E-state index contributed by atoms with van der Waals surface area (Å²) in [5.41, 5.74) is 0.660. The summed E-state index contributed by atoms with van der Waals surface area (Å²) in [5.74, 6) is 0.755. The molecule has 88 valence electrons. The van der Waals surface area contributed by atoms with Gasteiger partial charge in [-0.25, -0.2) is 0 Å². The minimum absolute atomic E-state index is 0.0810. The van der Waals surface area contributed by atoms with Crippen LogP contribution < -0.4 is 10.1 Å². The van der Waals surface area contributed by atoms with Crippen molar-refractivity contribution in [3.8, 4) is 5.75 Å². The fraction of sp³-hybridized carbons (Fsp3) is 0.462. The van der Waals surface area contributed by atoms with Gasteiger partial charge in [-0.15, -0.1) is 0 Å². The van der Waals surface area contributed by atoms with Crippen molar-refractivity contribution in [2.24, 2.45) is 0 Å². The van der Waals surface area contributed by atoms with Crippen LogP contribution in [0.3, 0.4) is 0 Å². The summed E-state index contributed by atoms with van der Waals surface area (Å²) in [5, 5.41) is 3.10. The van der Waals surface area contributed by atoms with Crippen molar-refractivity contribution < 1.29 is 9.53 Å². The Balaban J connectivity index is 2.66. The first-order valence-electron chi connectivity index (χ1n) is 5.75. The molecule has 0 aliphatic heterocycles. The van der Waals surface area contributed by atoms with E-state index in [1.165, 1.54) is 0 Å². The summed E-state index contributed by atoms with van der Waals surface area (Å²) >= 11 is 0. The highest BCUT2D eigenvalue weighted by Gasteiger charge is 2.10. The van der Waals surface area contributed by atoms with Crippen LogP contribution in [0, 0.1) is 0 Å². The first-order valence-corrected chi connectivity index (χ1v) is 5.75. The predicted octanol–water partition coefficient (Wildman–Crippen LogP) is 2.27. The molecular weight excluding hydrogens is 202 g/mol. The predicted molar refractivity (Wildman–Crippen MR) is 65.1 cm³/mol. The van der Waals surface area contributed by atoms with E-state index in [9.17, 15) is 4.79 Å². The van der Waals surface area contributed by atoms with E-state index < -0.39 is 0 Å². The fourth-order valence-corrected chi connectivity index (χ4v) is 1.45. The lowest BCUT2D eigenvalue weighted by atomic mass is 10.1. The van der Waals surface area contributed by atoms with Gasteiger partial charge in [-0.1, -0.05) is 19.1 Å². The molecule has 0 amide bonds. The summed E-state index contributed by atoms with van der Waals surface area (Å²) in [6.07, 6.45) is 1.03. The minimum atomic E-state index is 0.0810. The van der Waals surface area contributed by atoms with Gasteiger partial charge in [0.15, 0.2) is 5.78 Å². The van der Waals surface area contributed by atoms with Crippen molar-refractivity contribution in [2.75, 3.05) is 19.7 Å². The maximum Gasteiger partial charge on any atom is 0.180 e. The van der Waals surface area contributed by atoms with Crippen LogP contribution in [0.25, 0.3) is 0 Å². The molecule has 0 bridgehead atoms. The van der Waals surface area contributed by atoms with E-state index in [0.29, 0.717) is 24.5 Å². The van der Waals surface area contributed by atoms with E-state index in [4.69, 9.17) is 4.74 Å². The zero-order chi connectivity index (χ0) is 11.8. The van der Waals surface area contributed by atoms with Gasteiger partial charge in [-0.3, -0.25) is 4.79 Å². The number of rotatable bonds is 7. The van der Waals surface area contributed by atoms with Gasteiger partial charge in [-0.2, -0.15) is 0 Å². The molecular formula is C13H19NO2. The Kier molecular flexibility index (Phi) is 5.57. The van der Waals surface area contributed by atoms with Crippen LogP contribution >= 0.6 is 0 Å². The number of Topliss-reactive ketones (excluding diaryl/α,β-unsaturated/α-hetero) is 1. The minimum Gasteiger partial charge on any atom is -0.493 e. The van der Waals surface area contributed by atoms with Crippen LogP contribution in [0.5, 0.6) is 5.75 Å². The van der Waals surface area contributed by atoms with Gasteiger partial charge in [0.1, 0.15) is 5.75 Å². The van der Waals surface area contributed by atoms with Crippen molar-refractivity contribution >= 4 is 5.78 Å². The molecule has 0 aliphatic rings. The molecule has 1 rings (SSSR count). The normalized spacial score (nSPS) is 10.1. The van der Waals surface area contributed by atoms with E-state index >= 15 is 0 Å². The molecule has 0 saturated carbocycles. The number of para-hydroxylation sites is 1. The zero-order valence-electron chi connectivity index (χ0n) is 9.95. The molecule has 0 heterocycles. The third-order valence-electron chi connectivity index (χ3n) is 2.20. The number of ketones is 1. The second-order valence-electron chi connectivity index (χ2n) is 3.53. The SMILES string of the molecule is CCCNCC(=O)c1ccccc1OCC. The Labute approximate surface area is 96.8 Å². The van der Waals surface area contributed by atoms with Crippen molar-refractivity contribution in [1.82, 2.24) is 5.32 Å². The summed E-state index contributed by atoms with van der Waals surface area (Å²) in [7, 11) is 0. The lowest BCUT2D eigenvalue weighted by Crippen LogP contribution is -2.24. The second-order valence-corrected chi connectivity index (χ2v) is 3.53. The average Bonchev–Trinajstić information content (AvgIpc) is 2.30. The fourth-order valence-electron chi connectivity index (χ4n) is 1.45. The molecule has 1 aromatic rings. The van der Waals surface area contributed by atoms with E-state index in [2.05, 4.69) is 12.2 Å². The van der Waals surface area contributed by atoms with Crippen LogP contribution in [0.4, 0.5) is 0 Å². The molecule has 0 fully saturated rings. The quantitative estimate of drug-likeness (QED) is 0.567. The molecule has 1 N–H and O–H groups in total. The molecule has 3 heteroatoms. The molecule has 0 spiro atoms. The Bertz CT molecular complexity index is 336. The van der Waals surface area contributed by atoms with E-state index in [-0.39, 0.29) is 5.78 Å². The molecule has 0 unspecified atom stereocenters. The maximum absolute atomic E-state index is 11.9. The number of hydrogen-bond donors (Lipinski definition) is 1. The zero-order valence-corrected chi connectivity index (χ0v) is 9.95. The summed E-state index contributed by atoms with van der Waals surface area (Å²) in [6, 6.07) is 7.37.